The summed E-state index contributed by atoms with van der Waals surface area (Å²) in [4.78, 5) is 14.5. The monoisotopic (exact) mass is 294 g/mol. The predicted octanol–water partition coefficient (Wildman–Crippen LogP) is 1.88. The van der Waals surface area contributed by atoms with E-state index in [9.17, 15) is 4.79 Å². The first kappa shape index (κ1) is 17.5. The summed E-state index contributed by atoms with van der Waals surface area (Å²) in [6, 6.07) is 7.48. The van der Waals surface area contributed by atoms with E-state index in [0.29, 0.717) is 32.0 Å². The summed E-state index contributed by atoms with van der Waals surface area (Å²) in [5.41, 5.74) is 7.40. The van der Waals surface area contributed by atoms with Gasteiger partial charge in [-0.25, -0.2) is 0 Å². The van der Waals surface area contributed by atoms with E-state index in [4.69, 9.17) is 15.2 Å². The Morgan fingerprint density at radius 3 is 2.57 bits per heavy atom. The van der Waals surface area contributed by atoms with E-state index in [-0.39, 0.29) is 11.8 Å². The first-order valence-corrected chi connectivity index (χ1v) is 7.22. The minimum absolute atomic E-state index is 0.0914. The Kier molecular flexibility index (Phi) is 7.79. The maximum absolute atomic E-state index is 12.6. The average molecular weight is 294 g/mol. The van der Waals surface area contributed by atoms with E-state index in [1.807, 2.05) is 36.1 Å². The number of carbonyl (C=O) groups excluding carboxylic acids is 1. The van der Waals surface area contributed by atoms with Crippen LogP contribution in [0, 0.1) is 0 Å². The van der Waals surface area contributed by atoms with Crippen molar-refractivity contribution in [1.29, 1.82) is 0 Å². The van der Waals surface area contributed by atoms with Gasteiger partial charge in [-0.3, -0.25) is 4.79 Å². The van der Waals surface area contributed by atoms with Gasteiger partial charge in [0.25, 0.3) is 0 Å². The van der Waals surface area contributed by atoms with Crippen molar-refractivity contribution in [3.8, 4) is 0 Å². The summed E-state index contributed by atoms with van der Waals surface area (Å²) in [6.07, 6.45) is 0.815. The van der Waals surface area contributed by atoms with Crippen molar-refractivity contribution in [1.82, 2.24) is 4.90 Å². The van der Waals surface area contributed by atoms with Crippen LogP contribution < -0.4 is 5.73 Å². The molecule has 0 aromatic heterocycles. The molecule has 0 saturated heterocycles. The zero-order valence-corrected chi connectivity index (χ0v) is 13.2. The maximum Gasteiger partial charge on any atom is 0.229 e. The molecule has 0 radical (unpaired) electrons. The number of hydrogen-bond acceptors (Lipinski definition) is 4. The molecule has 1 aromatic rings. The predicted molar refractivity (Wildman–Crippen MR) is 84.2 cm³/mol. The minimum atomic E-state index is -0.215. The van der Waals surface area contributed by atoms with Gasteiger partial charge in [-0.1, -0.05) is 12.1 Å². The zero-order valence-electron chi connectivity index (χ0n) is 13.2. The topological polar surface area (TPSA) is 64.8 Å². The Bertz CT molecular complexity index is 437. The Balaban J connectivity index is 2.72. The SMILES string of the molecule is COCCCN(CCOC)C(=O)C(C)c1cccc(N)c1. The smallest absolute Gasteiger partial charge is 0.229 e. The summed E-state index contributed by atoms with van der Waals surface area (Å²) in [5.74, 6) is -0.123. The molecule has 0 saturated carbocycles. The summed E-state index contributed by atoms with van der Waals surface area (Å²) < 4.78 is 10.1. The van der Waals surface area contributed by atoms with Crippen LogP contribution in [0.25, 0.3) is 0 Å². The third-order valence-electron chi connectivity index (χ3n) is 3.43. The molecule has 1 atom stereocenters. The van der Waals surface area contributed by atoms with E-state index in [0.717, 1.165) is 12.0 Å². The lowest BCUT2D eigenvalue weighted by Gasteiger charge is -2.26. The van der Waals surface area contributed by atoms with Crippen LogP contribution in [-0.4, -0.2) is 51.3 Å². The van der Waals surface area contributed by atoms with Crippen LogP contribution in [-0.2, 0) is 14.3 Å². The first-order chi connectivity index (χ1) is 10.1. The average Bonchev–Trinajstić information content (AvgIpc) is 2.49. The molecule has 0 spiro atoms. The Morgan fingerprint density at radius 1 is 1.24 bits per heavy atom. The van der Waals surface area contributed by atoms with Crippen molar-refractivity contribution in [3.63, 3.8) is 0 Å². The van der Waals surface area contributed by atoms with E-state index in [1.165, 1.54) is 0 Å². The minimum Gasteiger partial charge on any atom is -0.399 e. The number of methoxy groups -OCH3 is 2. The quantitative estimate of drug-likeness (QED) is 0.558. The molecular weight excluding hydrogens is 268 g/mol. The fourth-order valence-corrected chi connectivity index (χ4v) is 2.18. The summed E-state index contributed by atoms with van der Waals surface area (Å²) in [6.45, 7) is 4.34. The van der Waals surface area contributed by atoms with Gasteiger partial charge in [0.1, 0.15) is 0 Å². The van der Waals surface area contributed by atoms with E-state index < -0.39 is 0 Å². The van der Waals surface area contributed by atoms with Crippen LogP contribution in [0.4, 0.5) is 5.69 Å². The van der Waals surface area contributed by atoms with Gasteiger partial charge in [-0.2, -0.15) is 0 Å². The molecule has 0 aliphatic rings. The van der Waals surface area contributed by atoms with Crippen molar-refractivity contribution in [2.45, 2.75) is 19.3 Å². The zero-order chi connectivity index (χ0) is 15.7. The standard InChI is InChI=1S/C16H26N2O3/c1-13(14-6-4-7-15(17)12-14)16(19)18(9-11-21-3)8-5-10-20-2/h4,6-7,12-13H,5,8-11,17H2,1-3H3. The van der Waals surface area contributed by atoms with Gasteiger partial charge in [0, 0.05) is 39.6 Å². The van der Waals surface area contributed by atoms with Crippen molar-refractivity contribution in [2.75, 3.05) is 46.3 Å². The van der Waals surface area contributed by atoms with Crippen molar-refractivity contribution in [2.24, 2.45) is 0 Å². The van der Waals surface area contributed by atoms with Gasteiger partial charge in [-0.15, -0.1) is 0 Å². The number of benzene rings is 1. The fourth-order valence-electron chi connectivity index (χ4n) is 2.18. The lowest BCUT2D eigenvalue weighted by molar-refractivity contribution is -0.133. The number of nitrogens with zero attached hydrogens (tertiary/aromatic N) is 1. The summed E-state index contributed by atoms with van der Waals surface area (Å²) in [5, 5.41) is 0. The Hall–Kier alpha value is -1.59. The fraction of sp³-hybridized carbons (Fsp3) is 0.562. The van der Waals surface area contributed by atoms with Crippen LogP contribution >= 0.6 is 0 Å². The molecule has 0 bridgehead atoms. The number of ether oxygens (including phenoxy) is 2. The molecule has 5 nitrogen and oxygen atoms in total. The molecule has 0 aliphatic carbocycles. The third-order valence-corrected chi connectivity index (χ3v) is 3.43. The molecule has 118 valence electrons. The summed E-state index contributed by atoms with van der Waals surface area (Å²) in [7, 11) is 3.30. The second kappa shape index (κ2) is 9.37. The van der Waals surface area contributed by atoms with E-state index in [1.54, 1.807) is 14.2 Å². The normalized spacial score (nSPS) is 12.1. The molecule has 1 rings (SSSR count). The molecular formula is C16H26N2O3. The summed E-state index contributed by atoms with van der Waals surface area (Å²) >= 11 is 0. The molecule has 0 heterocycles. The van der Waals surface area contributed by atoms with Gasteiger partial charge >= 0.3 is 0 Å². The number of anilines is 1. The van der Waals surface area contributed by atoms with Crippen molar-refractivity contribution < 1.29 is 14.3 Å². The largest absolute Gasteiger partial charge is 0.399 e. The number of carbonyl (C=O) groups is 1. The second-order valence-electron chi connectivity index (χ2n) is 5.06. The highest BCUT2D eigenvalue weighted by Crippen LogP contribution is 2.20. The second-order valence-corrected chi connectivity index (χ2v) is 5.06. The number of rotatable bonds is 9. The van der Waals surface area contributed by atoms with Crippen molar-refractivity contribution >= 4 is 11.6 Å². The first-order valence-electron chi connectivity index (χ1n) is 7.22. The molecule has 2 N–H and O–H groups in total. The molecule has 21 heavy (non-hydrogen) atoms. The molecule has 0 aliphatic heterocycles. The number of nitrogens with two attached hydrogens (primary N) is 1. The van der Waals surface area contributed by atoms with Gasteiger partial charge in [0.2, 0.25) is 5.91 Å². The lowest BCUT2D eigenvalue weighted by Crippen LogP contribution is -2.37. The number of amides is 1. The van der Waals surface area contributed by atoms with Crippen LogP contribution in [0.2, 0.25) is 0 Å². The molecule has 5 heteroatoms. The molecule has 1 unspecified atom stereocenters. The van der Waals surface area contributed by atoms with E-state index in [2.05, 4.69) is 0 Å². The van der Waals surface area contributed by atoms with Crippen molar-refractivity contribution in [3.05, 3.63) is 29.8 Å². The lowest BCUT2D eigenvalue weighted by atomic mass is 9.99. The highest BCUT2D eigenvalue weighted by atomic mass is 16.5. The number of hydrogen-bond donors (Lipinski definition) is 1. The third kappa shape index (κ3) is 5.73. The van der Waals surface area contributed by atoms with E-state index >= 15 is 0 Å². The van der Waals surface area contributed by atoms with Crippen LogP contribution in [0.15, 0.2) is 24.3 Å². The molecule has 0 fully saturated rings. The molecule has 1 amide bonds. The Morgan fingerprint density at radius 2 is 1.95 bits per heavy atom. The van der Waals surface area contributed by atoms with Gasteiger partial charge < -0.3 is 20.1 Å². The highest BCUT2D eigenvalue weighted by molar-refractivity contribution is 5.83. The van der Waals surface area contributed by atoms with Gasteiger partial charge in [-0.05, 0) is 31.0 Å². The number of nitrogen functional groups attached to an aromatic ring is 1. The molecule has 1 aromatic carbocycles. The van der Waals surface area contributed by atoms with Crippen LogP contribution in [0.3, 0.4) is 0 Å². The van der Waals surface area contributed by atoms with Crippen LogP contribution in [0.1, 0.15) is 24.8 Å². The Labute approximate surface area is 127 Å². The van der Waals surface area contributed by atoms with Crippen LogP contribution in [0.5, 0.6) is 0 Å². The van der Waals surface area contributed by atoms with Gasteiger partial charge in [0.05, 0.1) is 12.5 Å². The highest BCUT2D eigenvalue weighted by Gasteiger charge is 2.21. The van der Waals surface area contributed by atoms with Gasteiger partial charge in [0.15, 0.2) is 0 Å². The maximum atomic E-state index is 12.6.